The summed E-state index contributed by atoms with van der Waals surface area (Å²) in [5.41, 5.74) is 11.2. The minimum absolute atomic E-state index is 0.839. The molecular weight excluding hydrogens is 1040 g/mol. The minimum atomic E-state index is 0.839. The van der Waals surface area contributed by atoms with Gasteiger partial charge in [0.15, 0.2) is 0 Å². The molecule has 0 radical (unpaired) electrons. The maximum atomic E-state index is 4.33. The fraction of sp³-hybridized carbons (Fsp3) is 0.350. The van der Waals surface area contributed by atoms with Crippen molar-refractivity contribution in [3.8, 4) is 0 Å². The van der Waals surface area contributed by atoms with E-state index in [1.807, 2.05) is 279 Å². The van der Waals surface area contributed by atoms with E-state index in [1.165, 1.54) is 34.1 Å². The molecule has 86 heavy (non-hydrogen) atoms. The molecule has 0 bridgehead atoms. The van der Waals surface area contributed by atoms with Crippen LogP contribution in [0.5, 0.6) is 0 Å². The predicted molar refractivity (Wildman–Crippen MR) is 396 cm³/mol. The summed E-state index contributed by atoms with van der Waals surface area (Å²) in [5.74, 6) is 1.68. The lowest BCUT2D eigenvalue weighted by molar-refractivity contribution is 1.05. The molecule has 0 unspecified atom stereocenters. The smallest absolute Gasteiger partial charge is 0.126 e. The Balaban J connectivity index is -0.000000224. The molecule has 0 atom stereocenters. The quantitative estimate of drug-likeness (QED) is 0.165. The minimum Gasteiger partial charge on any atom is -0.311 e. The lowest BCUT2D eigenvalue weighted by atomic mass is 10.2. The zero-order valence-electron chi connectivity index (χ0n) is 59.6. The number of anilines is 6. The van der Waals surface area contributed by atoms with Gasteiger partial charge in [0.25, 0.3) is 0 Å². The highest BCUT2D eigenvalue weighted by atomic mass is 15.1. The van der Waals surface area contributed by atoms with Crippen molar-refractivity contribution in [2.24, 2.45) is 0 Å². The Bertz CT molecular complexity index is 2490. The van der Waals surface area contributed by atoms with Crippen LogP contribution in [0.4, 0.5) is 34.1 Å². The SMILES string of the molecule is CC.CC.CC.CC.CC.CC.CC.CC.CC.CC.CC.CC.Cc1nc(C)c2ccccc2n1.Cc1nc(C)c2ccccc2n1.c1ccc(N(c2ccccc2)c2ccccc2)cc1.c1ccc(N(c2ccccc2)c2ccccc2)cc1. The second kappa shape index (κ2) is 66.2. The van der Waals surface area contributed by atoms with Crippen molar-refractivity contribution in [1.29, 1.82) is 0 Å². The van der Waals surface area contributed by atoms with E-state index in [0.717, 1.165) is 44.8 Å². The van der Waals surface area contributed by atoms with Gasteiger partial charge in [-0.15, -0.1) is 0 Å². The zero-order chi connectivity index (χ0) is 66.9. The average Bonchev–Trinajstić information content (AvgIpc) is 3.62. The first-order valence-electron chi connectivity index (χ1n) is 32.7. The number of aryl methyl sites for hydroxylation is 4. The molecule has 2 aromatic heterocycles. The monoisotopic (exact) mass is 1170 g/mol. The van der Waals surface area contributed by atoms with Crippen molar-refractivity contribution in [3.63, 3.8) is 0 Å². The highest BCUT2D eigenvalue weighted by molar-refractivity contribution is 5.81. The summed E-state index contributed by atoms with van der Waals surface area (Å²) < 4.78 is 0. The first-order valence-corrected chi connectivity index (χ1v) is 32.7. The fourth-order valence-electron chi connectivity index (χ4n) is 7.12. The molecule has 0 aliphatic carbocycles. The van der Waals surface area contributed by atoms with Crippen LogP contribution in [-0.4, -0.2) is 19.9 Å². The first kappa shape index (κ1) is 89.2. The van der Waals surface area contributed by atoms with Crippen LogP contribution in [0.1, 0.15) is 189 Å². The molecule has 10 rings (SSSR count). The van der Waals surface area contributed by atoms with E-state index in [2.05, 4.69) is 175 Å². The molecule has 472 valence electrons. The third kappa shape index (κ3) is 35.4. The number of hydrogen-bond donors (Lipinski definition) is 0. The maximum absolute atomic E-state index is 4.33. The molecule has 6 heteroatoms. The van der Waals surface area contributed by atoms with Crippen LogP contribution in [0.3, 0.4) is 0 Å². The molecule has 6 nitrogen and oxygen atoms in total. The standard InChI is InChI=1S/2C18H15N.2C10H10N2.12C2H6/c2*1-4-10-16(11-5-1)19(17-12-6-2-7-13-17)18-14-8-3-9-15-18;2*1-7-9-5-3-4-6-10(9)12-8(2)11-7;12*1-2/h2*1-15H;2*3-6H,1-2H3;12*1-2H3. The Morgan fingerprint density at radius 3 is 0.512 bits per heavy atom. The normalized spacial score (nSPS) is 8.23. The number of aromatic nitrogens is 4. The first-order chi connectivity index (χ1) is 42.4. The van der Waals surface area contributed by atoms with Gasteiger partial charge in [-0.3, -0.25) is 0 Å². The van der Waals surface area contributed by atoms with Crippen LogP contribution in [0.2, 0.25) is 0 Å². The van der Waals surface area contributed by atoms with Gasteiger partial charge in [-0.05, 0) is 113 Å². The van der Waals surface area contributed by atoms with E-state index in [4.69, 9.17) is 0 Å². The number of nitrogens with zero attached hydrogens (tertiary/aromatic N) is 6. The molecular formula is C80H122N6. The van der Waals surface area contributed by atoms with Gasteiger partial charge in [0.1, 0.15) is 11.6 Å². The van der Waals surface area contributed by atoms with Gasteiger partial charge in [0, 0.05) is 56.3 Å². The second-order valence-corrected chi connectivity index (χ2v) is 14.4. The molecule has 0 spiro atoms. The molecule has 0 amide bonds. The van der Waals surface area contributed by atoms with Crippen molar-refractivity contribution in [2.45, 2.75) is 194 Å². The van der Waals surface area contributed by atoms with E-state index >= 15 is 0 Å². The second-order valence-electron chi connectivity index (χ2n) is 14.4. The van der Waals surface area contributed by atoms with Crippen LogP contribution in [0.25, 0.3) is 21.8 Å². The van der Waals surface area contributed by atoms with E-state index in [-0.39, 0.29) is 0 Å². The summed E-state index contributed by atoms with van der Waals surface area (Å²) in [6, 6.07) is 78.6. The highest BCUT2D eigenvalue weighted by Crippen LogP contribution is 2.35. The Morgan fingerprint density at radius 2 is 0.337 bits per heavy atom. The topological polar surface area (TPSA) is 58.0 Å². The van der Waals surface area contributed by atoms with Crippen LogP contribution in [-0.2, 0) is 0 Å². The summed E-state index contributed by atoms with van der Waals surface area (Å²) in [7, 11) is 0. The predicted octanol–water partition coefficient (Wildman–Crippen LogP) is 27.1. The summed E-state index contributed by atoms with van der Waals surface area (Å²) in [6.45, 7) is 55.9. The van der Waals surface area contributed by atoms with Gasteiger partial charge in [-0.1, -0.05) is 312 Å². The number of benzene rings is 8. The van der Waals surface area contributed by atoms with Gasteiger partial charge in [-0.25, -0.2) is 19.9 Å². The van der Waals surface area contributed by atoms with E-state index < -0.39 is 0 Å². The van der Waals surface area contributed by atoms with Crippen molar-refractivity contribution in [3.05, 3.63) is 254 Å². The number of fused-ring (bicyclic) bond motifs is 2. The zero-order valence-corrected chi connectivity index (χ0v) is 59.6. The summed E-state index contributed by atoms with van der Waals surface area (Å²) in [4.78, 5) is 21.7. The Morgan fingerprint density at radius 1 is 0.186 bits per heavy atom. The van der Waals surface area contributed by atoms with Gasteiger partial charge in [0.2, 0.25) is 0 Å². The molecule has 0 aliphatic heterocycles. The van der Waals surface area contributed by atoms with E-state index in [0.29, 0.717) is 0 Å². The maximum Gasteiger partial charge on any atom is 0.126 e. The third-order valence-corrected chi connectivity index (χ3v) is 9.90. The van der Waals surface area contributed by atoms with Crippen molar-refractivity contribution in [1.82, 2.24) is 19.9 Å². The van der Waals surface area contributed by atoms with Crippen molar-refractivity contribution in [2.75, 3.05) is 9.80 Å². The van der Waals surface area contributed by atoms with Crippen LogP contribution in [0, 0.1) is 27.7 Å². The van der Waals surface area contributed by atoms with Gasteiger partial charge in [-0.2, -0.15) is 0 Å². The van der Waals surface area contributed by atoms with E-state index in [9.17, 15) is 0 Å². The molecule has 0 N–H and O–H groups in total. The van der Waals surface area contributed by atoms with Gasteiger partial charge >= 0.3 is 0 Å². The molecule has 0 saturated carbocycles. The Kier molecular flexibility index (Phi) is 68.7. The van der Waals surface area contributed by atoms with Crippen molar-refractivity contribution >= 4 is 55.9 Å². The highest BCUT2D eigenvalue weighted by Gasteiger charge is 2.12. The molecule has 2 heterocycles. The van der Waals surface area contributed by atoms with E-state index in [1.54, 1.807) is 0 Å². The van der Waals surface area contributed by atoms with Gasteiger partial charge in [0.05, 0.1) is 11.0 Å². The third-order valence-electron chi connectivity index (χ3n) is 9.90. The fourth-order valence-corrected chi connectivity index (χ4v) is 7.12. The van der Waals surface area contributed by atoms with Crippen LogP contribution in [0.15, 0.2) is 231 Å². The Labute approximate surface area is 530 Å². The number of para-hydroxylation sites is 8. The number of hydrogen-bond acceptors (Lipinski definition) is 6. The largest absolute Gasteiger partial charge is 0.311 e. The molecule has 8 aromatic carbocycles. The summed E-state index contributed by atoms with van der Waals surface area (Å²) in [5, 5.41) is 2.28. The lowest BCUT2D eigenvalue weighted by Gasteiger charge is -2.25. The van der Waals surface area contributed by atoms with Crippen LogP contribution < -0.4 is 9.80 Å². The van der Waals surface area contributed by atoms with Crippen molar-refractivity contribution < 1.29 is 0 Å². The molecule has 10 aromatic rings. The summed E-state index contributed by atoms with van der Waals surface area (Å²) >= 11 is 0. The summed E-state index contributed by atoms with van der Waals surface area (Å²) in [6.07, 6.45) is 0. The number of rotatable bonds is 6. The lowest BCUT2D eigenvalue weighted by Crippen LogP contribution is -2.09. The molecule has 0 fully saturated rings. The molecule has 0 saturated heterocycles. The van der Waals surface area contributed by atoms with Crippen LogP contribution >= 0.6 is 0 Å². The van der Waals surface area contributed by atoms with Gasteiger partial charge < -0.3 is 9.80 Å². The Hall–Kier alpha value is -7.96. The molecule has 0 aliphatic rings. The average molecular weight is 1170 g/mol.